The van der Waals surface area contributed by atoms with Gasteiger partial charge in [-0.3, -0.25) is 4.79 Å². The maximum absolute atomic E-state index is 12.3. The highest BCUT2D eigenvalue weighted by molar-refractivity contribution is 6.31. The van der Waals surface area contributed by atoms with E-state index >= 15 is 0 Å². The average molecular weight is 346 g/mol. The highest BCUT2D eigenvalue weighted by Crippen LogP contribution is 2.28. The lowest BCUT2D eigenvalue weighted by atomic mass is 10.0. The van der Waals surface area contributed by atoms with E-state index in [1.807, 2.05) is 37.3 Å². The molecular weight excluding hydrogens is 322 g/mol. The monoisotopic (exact) mass is 345 g/mol. The zero-order valence-electron chi connectivity index (χ0n) is 14.6. The van der Waals surface area contributed by atoms with E-state index in [2.05, 4.69) is 31.3 Å². The van der Waals surface area contributed by atoms with E-state index in [9.17, 15) is 4.79 Å². The lowest BCUT2D eigenvalue weighted by Crippen LogP contribution is -2.36. The fourth-order valence-electron chi connectivity index (χ4n) is 2.43. The van der Waals surface area contributed by atoms with Crippen LogP contribution in [0.25, 0.3) is 0 Å². The minimum atomic E-state index is -0.577. The van der Waals surface area contributed by atoms with E-state index < -0.39 is 6.10 Å². The molecule has 0 bridgehead atoms. The predicted octanol–water partition coefficient (Wildman–Crippen LogP) is 4.86. The molecule has 2 aromatic carbocycles. The lowest BCUT2D eigenvalue weighted by molar-refractivity contribution is -0.127. The maximum Gasteiger partial charge on any atom is 0.261 e. The quantitative estimate of drug-likeness (QED) is 0.812. The third kappa shape index (κ3) is 4.75. The van der Waals surface area contributed by atoms with E-state index in [4.69, 9.17) is 16.3 Å². The number of aryl methyl sites for hydroxylation is 1. The average Bonchev–Trinajstić information content (AvgIpc) is 2.53. The zero-order valence-corrected chi connectivity index (χ0v) is 15.4. The van der Waals surface area contributed by atoms with E-state index in [-0.39, 0.29) is 5.91 Å². The first-order valence-corrected chi connectivity index (χ1v) is 8.54. The summed E-state index contributed by atoms with van der Waals surface area (Å²) < 4.78 is 5.92. The van der Waals surface area contributed by atoms with Crippen LogP contribution < -0.4 is 10.1 Å². The van der Waals surface area contributed by atoms with Crippen molar-refractivity contribution in [3.05, 3.63) is 64.2 Å². The molecule has 1 atom stereocenters. The first-order valence-electron chi connectivity index (χ1n) is 8.16. The molecule has 3 nitrogen and oxygen atoms in total. The van der Waals surface area contributed by atoms with Gasteiger partial charge in [0.25, 0.3) is 5.91 Å². The standard InChI is InChI=1S/C20H24ClNO2/c1-13(2)17-10-9-14(3)11-19(17)24-15(4)20(23)22-12-16-7-5-6-8-18(16)21/h5-11,13,15H,12H2,1-4H3,(H,22,23). The molecule has 4 heteroatoms. The Kier molecular flexibility index (Phi) is 6.27. The summed E-state index contributed by atoms with van der Waals surface area (Å²) in [6, 6.07) is 13.6. The van der Waals surface area contributed by atoms with Gasteiger partial charge in [0.15, 0.2) is 6.10 Å². The molecule has 1 unspecified atom stereocenters. The van der Waals surface area contributed by atoms with Crippen molar-refractivity contribution in [1.82, 2.24) is 5.32 Å². The molecule has 0 fully saturated rings. The molecule has 0 spiro atoms. The van der Waals surface area contributed by atoms with Crippen molar-refractivity contribution >= 4 is 17.5 Å². The minimum absolute atomic E-state index is 0.161. The van der Waals surface area contributed by atoms with Gasteiger partial charge in [0, 0.05) is 11.6 Å². The topological polar surface area (TPSA) is 38.3 Å². The molecule has 24 heavy (non-hydrogen) atoms. The first-order chi connectivity index (χ1) is 11.4. The zero-order chi connectivity index (χ0) is 17.7. The lowest BCUT2D eigenvalue weighted by Gasteiger charge is -2.19. The highest BCUT2D eigenvalue weighted by atomic mass is 35.5. The smallest absolute Gasteiger partial charge is 0.261 e. The number of benzene rings is 2. The van der Waals surface area contributed by atoms with Crippen LogP contribution in [-0.2, 0) is 11.3 Å². The van der Waals surface area contributed by atoms with Crippen LogP contribution in [-0.4, -0.2) is 12.0 Å². The summed E-state index contributed by atoms with van der Waals surface area (Å²) in [5.74, 6) is 0.940. The van der Waals surface area contributed by atoms with Crippen LogP contribution in [0.1, 0.15) is 43.4 Å². The molecule has 1 amide bonds. The summed E-state index contributed by atoms with van der Waals surface area (Å²) in [4.78, 5) is 12.3. The second-order valence-corrected chi connectivity index (χ2v) is 6.67. The van der Waals surface area contributed by atoms with Crippen molar-refractivity contribution < 1.29 is 9.53 Å². The minimum Gasteiger partial charge on any atom is -0.481 e. The van der Waals surface area contributed by atoms with Gasteiger partial charge in [0.05, 0.1) is 0 Å². The molecule has 1 N–H and O–H groups in total. The number of hydrogen-bond donors (Lipinski definition) is 1. The van der Waals surface area contributed by atoms with Gasteiger partial charge in [-0.05, 0) is 48.6 Å². The number of rotatable bonds is 6. The van der Waals surface area contributed by atoms with Crippen LogP contribution in [0.5, 0.6) is 5.75 Å². The summed E-state index contributed by atoms with van der Waals surface area (Å²) >= 11 is 6.11. The maximum atomic E-state index is 12.3. The molecule has 2 aromatic rings. The van der Waals surface area contributed by atoms with Crippen LogP contribution in [0.2, 0.25) is 5.02 Å². The molecular formula is C20H24ClNO2. The Balaban J connectivity index is 2.02. The number of hydrogen-bond acceptors (Lipinski definition) is 2. The SMILES string of the molecule is Cc1ccc(C(C)C)c(OC(C)C(=O)NCc2ccccc2Cl)c1. The molecule has 0 saturated carbocycles. The summed E-state index contributed by atoms with van der Waals surface area (Å²) in [5, 5.41) is 3.52. The van der Waals surface area contributed by atoms with Crippen LogP contribution in [0.4, 0.5) is 0 Å². The van der Waals surface area contributed by atoms with Crippen molar-refractivity contribution in [1.29, 1.82) is 0 Å². The summed E-state index contributed by atoms with van der Waals surface area (Å²) in [6.07, 6.45) is -0.577. The second kappa shape index (κ2) is 8.20. The third-order valence-corrected chi connectivity index (χ3v) is 4.24. The van der Waals surface area contributed by atoms with Crippen LogP contribution in [0.3, 0.4) is 0 Å². The van der Waals surface area contributed by atoms with E-state index in [0.717, 1.165) is 22.4 Å². The van der Waals surface area contributed by atoms with Crippen molar-refractivity contribution in [3.63, 3.8) is 0 Å². The van der Waals surface area contributed by atoms with Gasteiger partial charge < -0.3 is 10.1 Å². The Morgan fingerprint density at radius 1 is 1.17 bits per heavy atom. The fraction of sp³-hybridized carbons (Fsp3) is 0.350. The fourth-order valence-corrected chi connectivity index (χ4v) is 2.63. The summed E-state index contributed by atoms with van der Waals surface area (Å²) in [7, 11) is 0. The molecule has 0 aliphatic rings. The Bertz CT molecular complexity index is 713. The van der Waals surface area contributed by atoms with Gasteiger partial charge in [-0.15, -0.1) is 0 Å². The Labute approximate surface area is 149 Å². The van der Waals surface area contributed by atoms with E-state index in [1.165, 1.54) is 0 Å². The molecule has 128 valence electrons. The van der Waals surface area contributed by atoms with E-state index in [0.29, 0.717) is 17.5 Å². The van der Waals surface area contributed by atoms with Crippen molar-refractivity contribution in [2.75, 3.05) is 0 Å². The second-order valence-electron chi connectivity index (χ2n) is 6.27. The van der Waals surface area contributed by atoms with Gasteiger partial charge in [-0.25, -0.2) is 0 Å². The number of carbonyl (C=O) groups excluding carboxylic acids is 1. The Hall–Kier alpha value is -2.00. The van der Waals surface area contributed by atoms with Crippen LogP contribution >= 0.6 is 11.6 Å². The van der Waals surface area contributed by atoms with Gasteiger partial charge >= 0.3 is 0 Å². The molecule has 0 aliphatic heterocycles. The molecule has 2 rings (SSSR count). The van der Waals surface area contributed by atoms with Gasteiger partial charge in [0.1, 0.15) is 5.75 Å². The largest absolute Gasteiger partial charge is 0.481 e. The first kappa shape index (κ1) is 18.3. The molecule has 0 aromatic heterocycles. The number of halogens is 1. The van der Waals surface area contributed by atoms with Gasteiger partial charge in [-0.1, -0.05) is 55.8 Å². The van der Waals surface area contributed by atoms with Gasteiger partial charge in [0.2, 0.25) is 0 Å². The Morgan fingerprint density at radius 2 is 1.88 bits per heavy atom. The number of nitrogens with one attached hydrogen (secondary N) is 1. The van der Waals surface area contributed by atoms with Crippen LogP contribution in [0, 0.1) is 6.92 Å². The summed E-state index contributed by atoms with van der Waals surface area (Å²) in [5.41, 5.74) is 3.10. The highest BCUT2D eigenvalue weighted by Gasteiger charge is 2.17. The summed E-state index contributed by atoms with van der Waals surface area (Å²) in [6.45, 7) is 8.38. The Morgan fingerprint density at radius 3 is 2.54 bits per heavy atom. The molecule has 0 aliphatic carbocycles. The normalized spacial score (nSPS) is 12.1. The van der Waals surface area contributed by atoms with Crippen molar-refractivity contribution in [3.8, 4) is 5.75 Å². The van der Waals surface area contributed by atoms with Gasteiger partial charge in [-0.2, -0.15) is 0 Å². The third-order valence-electron chi connectivity index (χ3n) is 3.87. The number of ether oxygens (including phenoxy) is 1. The van der Waals surface area contributed by atoms with Crippen molar-refractivity contribution in [2.45, 2.75) is 46.3 Å². The van der Waals surface area contributed by atoms with E-state index in [1.54, 1.807) is 6.92 Å². The van der Waals surface area contributed by atoms with Crippen LogP contribution in [0.15, 0.2) is 42.5 Å². The number of carbonyl (C=O) groups is 1. The molecule has 0 saturated heterocycles. The number of amides is 1. The van der Waals surface area contributed by atoms with Crippen molar-refractivity contribution in [2.24, 2.45) is 0 Å². The molecule has 0 heterocycles. The predicted molar refractivity (Wildman–Crippen MR) is 98.7 cm³/mol. The molecule has 0 radical (unpaired) electrons.